The Bertz CT molecular complexity index is 1330. The van der Waals surface area contributed by atoms with Crippen LogP contribution in [-0.2, 0) is 4.79 Å². The van der Waals surface area contributed by atoms with E-state index in [0.717, 1.165) is 52.8 Å². The van der Waals surface area contributed by atoms with Gasteiger partial charge in [-0.05, 0) is 68.9 Å². The van der Waals surface area contributed by atoms with E-state index in [1.54, 1.807) is 11.1 Å². The molecule has 9 heteroatoms. The fraction of sp³-hybridized carbons (Fsp3) is 0.296. The lowest BCUT2D eigenvalue weighted by Gasteiger charge is -2.35. The van der Waals surface area contributed by atoms with Gasteiger partial charge in [-0.25, -0.2) is 9.78 Å². The minimum Gasteiger partial charge on any atom is -0.457 e. The number of benzene rings is 2. The molecule has 1 fully saturated rings. The first-order valence-electron chi connectivity index (χ1n) is 12.1. The number of aryl methyl sites for hydroxylation is 1. The van der Waals surface area contributed by atoms with Crippen LogP contribution in [0, 0.1) is 6.92 Å². The lowest BCUT2D eigenvalue weighted by Crippen LogP contribution is -2.50. The maximum Gasteiger partial charge on any atom is 0.327 e. The molecule has 3 aromatic rings. The minimum atomic E-state index is -0.451. The summed E-state index contributed by atoms with van der Waals surface area (Å²) in [5.41, 5.74) is 3.31. The summed E-state index contributed by atoms with van der Waals surface area (Å²) in [7, 11) is 2.06. The summed E-state index contributed by atoms with van der Waals surface area (Å²) >= 11 is 1.42. The molecule has 3 aliphatic heterocycles. The highest BCUT2D eigenvalue weighted by Gasteiger charge is 2.47. The van der Waals surface area contributed by atoms with Crippen LogP contribution < -0.4 is 20.3 Å². The molecule has 2 N–H and O–H groups in total. The number of hydrogen-bond donors (Lipinski definition) is 2. The first-order valence-corrected chi connectivity index (χ1v) is 12.9. The Kier molecular flexibility index (Phi) is 5.81. The Balaban J connectivity index is 1.27. The lowest BCUT2D eigenvalue weighted by atomic mass is 9.99. The van der Waals surface area contributed by atoms with Crippen molar-refractivity contribution in [1.82, 2.24) is 20.5 Å². The molecule has 1 aromatic heterocycles. The third-order valence-electron chi connectivity index (χ3n) is 6.89. The van der Waals surface area contributed by atoms with E-state index >= 15 is 0 Å². The number of thioether (sulfide) groups is 1. The molecule has 36 heavy (non-hydrogen) atoms. The van der Waals surface area contributed by atoms with Crippen molar-refractivity contribution in [3.63, 3.8) is 0 Å². The van der Waals surface area contributed by atoms with E-state index in [1.165, 1.54) is 11.8 Å². The summed E-state index contributed by atoms with van der Waals surface area (Å²) in [6.45, 7) is 3.77. The number of hydrogen-bond acceptors (Lipinski definition) is 6. The number of urea groups is 1. The number of ether oxygens (including phenoxy) is 1. The molecule has 0 bridgehead atoms. The molecule has 2 aromatic carbocycles. The predicted molar refractivity (Wildman–Crippen MR) is 139 cm³/mol. The number of carbonyl (C=O) groups is 2. The zero-order valence-corrected chi connectivity index (χ0v) is 20.9. The van der Waals surface area contributed by atoms with Crippen molar-refractivity contribution in [3.05, 3.63) is 71.9 Å². The van der Waals surface area contributed by atoms with E-state index in [1.807, 2.05) is 61.5 Å². The van der Waals surface area contributed by atoms with E-state index < -0.39 is 11.3 Å². The van der Waals surface area contributed by atoms with Gasteiger partial charge in [-0.1, -0.05) is 30.0 Å². The molecule has 6 rings (SSSR count). The average Bonchev–Trinajstić information content (AvgIpc) is 3.44. The van der Waals surface area contributed by atoms with Gasteiger partial charge < -0.3 is 20.3 Å². The topological polar surface area (TPSA) is 86.8 Å². The van der Waals surface area contributed by atoms with Crippen molar-refractivity contribution in [2.75, 3.05) is 25.0 Å². The van der Waals surface area contributed by atoms with Crippen molar-refractivity contribution >= 4 is 35.1 Å². The van der Waals surface area contributed by atoms with Gasteiger partial charge in [0.1, 0.15) is 21.8 Å². The number of anilines is 2. The maximum atomic E-state index is 13.4. The number of likely N-dealkylation sites (N-methyl/N-ethyl adjacent to an activating group) is 1. The van der Waals surface area contributed by atoms with Crippen molar-refractivity contribution < 1.29 is 14.3 Å². The second kappa shape index (κ2) is 9.15. The Morgan fingerprint density at radius 2 is 1.97 bits per heavy atom. The molecular weight excluding hydrogens is 474 g/mol. The van der Waals surface area contributed by atoms with Gasteiger partial charge in [0, 0.05) is 24.3 Å². The monoisotopic (exact) mass is 501 g/mol. The fourth-order valence-corrected chi connectivity index (χ4v) is 6.40. The summed E-state index contributed by atoms with van der Waals surface area (Å²) in [5, 5.41) is 6.61. The Morgan fingerprint density at radius 1 is 1.14 bits per heavy atom. The molecule has 184 valence electrons. The molecule has 4 heterocycles. The number of nitrogens with one attached hydrogen (secondary N) is 2. The number of para-hydroxylation sites is 1. The van der Waals surface area contributed by atoms with E-state index in [4.69, 9.17) is 4.74 Å². The standard InChI is InChI=1S/C27H27N5O3S/c1-16-14-19(35-18-6-4-3-5-7-18)8-9-20(16)32-21-10-12-28-26-22(21)23(30-27(32)34)24(36-26)25(33)29-17-11-13-31(2)15-17/h3-10,12,14,17,23-24H,11,13,15H2,1-2H3,(H,29,33)(H,30,34)/t17?,23?,24-/m1/s1. The number of aromatic nitrogens is 1. The maximum absolute atomic E-state index is 13.4. The summed E-state index contributed by atoms with van der Waals surface area (Å²) in [6, 6.07) is 16.6. The number of amides is 3. The largest absolute Gasteiger partial charge is 0.457 e. The molecule has 0 spiro atoms. The van der Waals surface area contributed by atoms with E-state index in [0.29, 0.717) is 5.75 Å². The molecule has 3 atom stereocenters. The van der Waals surface area contributed by atoms with Crippen LogP contribution in [0.25, 0.3) is 0 Å². The molecule has 3 amide bonds. The number of pyridine rings is 1. The zero-order valence-electron chi connectivity index (χ0n) is 20.1. The van der Waals surface area contributed by atoms with Gasteiger partial charge in [0.15, 0.2) is 0 Å². The second-order valence-electron chi connectivity index (χ2n) is 9.47. The first kappa shape index (κ1) is 22.9. The molecule has 0 radical (unpaired) electrons. The highest BCUT2D eigenvalue weighted by Crippen LogP contribution is 2.51. The molecule has 3 aliphatic rings. The Hall–Kier alpha value is -3.56. The lowest BCUT2D eigenvalue weighted by molar-refractivity contribution is -0.121. The van der Waals surface area contributed by atoms with E-state index in [-0.39, 0.29) is 18.0 Å². The molecule has 2 unspecified atom stereocenters. The van der Waals surface area contributed by atoms with Gasteiger partial charge >= 0.3 is 6.03 Å². The summed E-state index contributed by atoms with van der Waals surface area (Å²) < 4.78 is 5.97. The van der Waals surface area contributed by atoms with Gasteiger partial charge in [-0.15, -0.1) is 0 Å². The summed E-state index contributed by atoms with van der Waals surface area (Å²) in [6.07, 6.45) is 2.64. The molecular formula is C27H27N5O3S. The van der Waals surface area contributed by atoms with Crippen LogP contribution in [0.1, 0.15) is 23.6 Å². The fourth-order valence-electron chi connectivity index (χ4n) is 5.17. The summed E-state index contributed by atoms with van der Waals surface area (Å²) in [5.74, 6) is 1.39. The van der Waals surface area contributed by atoms with Crippen LogP contribution in [0.4, 0.5) is 16.2 Å². The number of nitrogens with zero attached hydrogens (tertiary/aromatic N) is 3. The third-order valence-corrected chi connectivity index (χ3v) is 8.18. The van der Waals surface area contributed by atoms with Crippen LogP contribution in [-0.4, -0.2) is 53.3 Å². The van der Waals surface area contributed by atoms with Crippen LogP contribution >= 0.6 is 11.8 Å². The van der Waals surface area contributed by atoms with Crippen molar-refractivity contribution in [2.24, 2.45) is 0 Å². The van der Waals surface area contributed by atoms with E-state index in [2.05, 4.69) is 27.6 Å². The Morgan fingerprint density at radius 3 is 2.72 bits per heavy atom. The number of carbonyl (C=O) groups excluding carboxylic acids is 2. The van der Waals surface area contributed by atoms with Gasteiger partial charge in [0.2, 0.25) is 5.91 Å². The highest BCUT2D eigenvalue weighted by atomic mass is 32.2. The Labute approximate surface area is 214 Å². The minimum absolute atomic E-state index is 0.0541. The number of likely N-dealkylation sites (tertiary alicyclic amines) is 1. The molecule has 1 saturated heterocycles. The van der Waals surface area contributed by atoms with Crippen LogP contribution in [0.5, 0.6) is 11.5 Å². The van der Waals surface area contributed by atoms with Gasteiger partial charge in [0.05, 0.1) is 17.4 Å². The normalized spacial score (nSPS) is 22.8. The van der Waals surface area contributed by atoms with Crippen molar-refractivity contribution in [1.29, 1.82) is 0 Å². The highest BCUT2D eigenvalue weighted by molar-refractivity contribution is 8.01. The van der Waals surface area contributed by atoms with Crippen LogP contribution in [0.15, 0.2) is 65.8 Å². The third kappa shape index (κ3) is 4.08. The molecule has 0 aliphatic carbocycles. The van der Waals surface area contributed by atoms with E-state index in [9.17, 15) is 9.59 Å². The number of rotatable bonds is 5. The summed E-state index contributed by atoms with van der Waals surface area (Å²) in [4.78, 5) is 35.1. The van der Waals surface area contributed by atoms with Crippen LogP contribution in [0.2, 0.25) is 0 Å². The molecule has 0 saturated carbocycles. The second-order valence-corrected chi connectivity index (χ2v) is 10.6. The van der Waals surface area contributed by atoms with Gasteiger partial charge in [-0.2, -0.15) is 0 Å². The van der Waals surface area contributed by atoms with Gasteiger partial charge in [-0.3, -0.25) is 9.69 Å². The predicted octanol–water partition coefficient (Wildman–Crippen LogP) is 4.38. The van der Waals surface area contributed by atoms with Gasteiger partial charge in [0.25, 0.3) is 0 Å². The van der Waals surface area contributed by atoms with Crippen molar-refractivity contribution in [2.45, 2.75) is 35.7 Å². The van der Waals surface area contributed by atoms with Crippen LogP contribution in [0.3, 0.4) is 0 Å². The smallest absolute Gasteiger partial charge is 0.327 e. The van der Waals surface area contributed by atoms with Crippen molar-refractivity contribution in [3.8, 4) is 11.5 Å². The quantitative estimate of drug-likeness (QED) is 0.540. The SMILES string of the molecule is Cc1cc(Oc2ccccc2)ccc1N1C(=O)NC2c3c1ccnc3S[C@H]2C(=O)NC1CCN(C)C1. The first-order chi connectivity index (χ1) is 17.5. The zero-order chi connectivity index (χ0) is 24.8. The molecule has 8 nitrogen and oxygen atoms in total. The average molecular weight is 502 g/mol.